The maximum atomic E-state index is 12.2. The van der Waals surface area contributed by atoms with E-state index < -0.39 is 42.7 Å². The molecule has 8 heteroatoms. The first-order valence-corrected chi connectivity index (χ1v) is 11.6. The third-order valence-corrected chi connectivity index (χ3v) is 5.71. The van der Waals surface area contributed by atoms with Crippen LogP contribution in [0.5, 0.6) is 0 Å². The minimum Gasteiger partial charge on any atom is -0.459 e. The smallest absolute Gasteiger partial charge is 0.306 e. The van der Waals surface area contributed by atoms with Crippen molar-refractivity contribution in [2.75, 3.05) is 13.2 Å². The Labute approximate surface area is 180 Å². The molecule has 0 spiro atoms. The van der Waals surface area contributed by atoms with Crippen LogP contribution in [0.1, 0.15) is 90.4 Å². The Balaban J connectivity index is 2.24. The number of ether oxygens (including phenoxy) is 2. The Morgan fingerprint density at radius 3 is 2.10 bits per heavy atom. The molecule has 1 aliphatic heterocycles. The average molecular weight is 432 g/mol. The molecule has 0 bridgehead atoms. The predicted octanol–water partition coefficient (Wildman–Crippen LogP) is 2.86. The normalized spacial score (nSPS) is 23.9. The predicted molar refractivity (Wildman–Crippen MR) is 112 cm³/mol. The van der Waals surface area contributed by atoms with Crippen molar-refractivity contribution >= 4 is 11.9 Å². The Hall–Kier alpha value is -1.22. The van der Waals surface area contributed by atoms with E-state index in [2.05, 4.69) is 6.92 Å². The van der Waals surface area contributed by atoms with Crippen LogP contribution in [0, 0.1) is 5.92 Å². The van der Waals surface area contributed by atoms with Gasteiger partial charge < -0.3 is 19.7 Å². The van der Waals surface area contributed by atoms with E-state index >= 15 is 0 Å². The Bertz CT molecular complexity index is 474. The van der Waals surface area contributed by atoms with Crippen molar-refractivity contribution in [2.45, 2.75) is 109 Å². The largest absolute Gasteiger partial charge is 0.459 e. The number of amides is 1. The standard InChI is InChI=1S/C22H41NO7/c1-2-3-4-5-6-7-8-9-10-11-12-13-20(26)30-22-17(14-19(25)23-28)16-29-18(15-24)21(22)27/h17-18,21-22,24,27-28H,2-16H2,1H3,(H,23,25)/t17-,18-,21-,22-/m0/s1. The Morgan fingerprint density at radius 2 is 1.57 bits per heavy atom. The van der Waals surface area contributed by atoms with Crippen LogP contribution < -0.4 is 5.48 Å². The van der Waals surface area contributed by atoms with Crippen LogP contribution in [0.2, 0.25) is 0 Å². The zero-order chi connectivity index (χ0) is 22.2. The van der Waals surface area contributed by atoms with E-state index in [9.17, 15) is 19.8 Å². The molecule has 1 fully saturated rings. The van der Waals surface area contributed by atoms with Gasteiger partial charge in [-0.15, -0.1) is 0 Å². The topological polar surface area (TPSA) is 125 Å². The number of aliphatic hydroxyl groups excluding tert-OH is 2. The molecular formula is C22H41NO7. The fourth-order valence-corrected chi connectivity index (χ4v) is 3.86. The van der Waals surface area contributed by atoms with E-state index in [1.165, 1.54) is 56.8 Å². The summed E-state index contributed by atoms with van der Waals surface area (Å²) in [5, 5.41) is 28.4. The summed E-state index contributed by atoms with van der Waals surface area (Å²) in [5.41, 5.74) is 1.54. The molecule has 0 unspecified atom stereocenters. The summed E-state index contributed by atoms with van der Waals surface area (Å²) >= 11 is 0. The highest BCUT2D eigenvalue weighted by Crippen LogP contribution is 2.26. The molecule has 1 aliphatic rings. The van der Waals surface area contributed by atoms with Crippen molar-refractivity contribution in [3.8, 4) is 0 Å². The lowest BCUT2D eigenvalue weighted by Crippen LogP contribution is -2.54. The minimum atomic E-state index is -1.22. The Kier molecular flexibility index (Phi) is 14.7. The number of carbonyl (C=O) groups excluding carboxylic acids is 2. The van der Waals surface area contributed by atoms with Gasteiger partial charge in [-0.25, -0.2) is 5.48 Å². The van der Waals surface area contributed by atoms with Crippen LogP contribution in [-0.2, 0) is 19.1 Å². The molecule has 30 heavy (non-hydrogen) atoms. The summed E-state index contributed by atoms with van der Waals surface area (Å²) in [6.45, 7) is 1.86. The van der Waals surface area contributed by atoms with Gasteiger partial charge in [0.05, 0.1) is 13.2 Å². The molecule has 0 aromatic carbocycles. The molecule has 176 valence electrons. The fourth-order valence-electron chi connectivity index (χ4n) is 3.86. The number of hydrogen-bond acceptors (Lipinski definition) is 7. The van der Waals surface area contributed by atoms with E-state index in [1.54, 1.807) is 0 Å². The molecular weight excluding hydrogens is 390 g/mol. The lowest BCUT2D eigenvalue weighted by Gasteiger charge is -2.38. The maximum absolute atomic E-state index is 12.2. The zero-order valence-electron chi connectivity index (χ0n) is 18.4. The van der Waals surface area contributed by atoms with Crippen molar-refractivity contribution in [1.29, 1.82) is 0 Å². The van der Waals surface area contributed by atoms with E-state index in [4.69, 9.17) is 14.7 Å². The molecule has 4 N–H and O–H groups in total. The number of unbranched alkanes of at least 4 members (excludes halogenated alkanes) is 10. The second-order valence-electron chi connectivity index (χ2n) is 8.28. The van der Waals surface area contributed by atoms with Gasteiger partial charge in [0.15, 0.2) is 0 Å². The van der Waals surface area contributed by atoms with Crippen LogP contribution in [-0.4, -0.2) is 58.8 Å². The summed E-state index contributed by atoms with van der Waals surface area (Å²) in [4.78, 5) is 23.7. The van der Waals surface area contributed by atoms with Crippen molar-refractivity contribution in [3.05, 3.63) is 0 Å². The second kappa shape index (κ2) is 16.5. The number of rotatable bonds is 16. The number of hydrogen-bond donors (Lipinski definition) is 4. The third-order valence-electron chi connectivity index (χ3n) is 5.71. The van der Waals surface area contributed by atoms with Gasteiger partial charge in [0, 0.05) is 18.8 Å². The van der Waals surface area contributed by atoms with Gasteiger partial charge in [-0.05, 0) is 6.42 Å². The molecule has 1 amide bonds. The van der Waals surface area contributed by atoms with E-state index in [0.29, 0.717) is 0 Å². The summed E-state index contributed by atoms with van der Waals surface area (Å²) in [5.74, 6) is -1.66. The summed E-state index contributed by atoms with van der Waals surface area (Å²) in [7, 11) is 0. The minimum absolute atomic E-state index is 0.0477. The van der Waals surface area contributed by atoms with Gasteiger partial charge in [0.1, 0.15) is 18.3 Å². The number of nitrogens with one attached hydrogen (secondary N) is 1. The monoisotopic (exact) mass is 431 g/mol. The van der Waals surface area contributed by atoms with Gasteiger partial charge in [-0.3, -0.25) is 14.8 Å². The first kappa shape index (κ1) is 26.8. The molecule has 0 aromatic heterocycles. The van der Waals surface area contributed by atoms with E-state index in [-0.39, 0.29) is 19.4 Å². The quantitative estimate of drug-likeness (QED) is 0.128. The molecule has 0 radical (unpaired) electrons. The second-order valence-corrected chi connectivity index (χ2v) is 8.28. The van der Waals surface area contributed by atoms with Crippen molar-refractivity contribution in [3.63, 3.8) is 0 Å². The Morgan fingerprint density at radius 1 is 1.00 bits per heavy atom. The molecule has 1 heterocycles. The summed E-state index contributed by atoms with van der Waals surface area (Å²) < 4.78 is 10.8. The maximum Gasteiger partial charge on any atom is 0.306 e. The molecule has 0 aromatic rings. The SMILES string of the molecule is CCCCCCCCCCCCCC(=O)O[C@H]1[C@@H](CC(=O)NO)CO[C@@H](CO)[C@@H]1O. The number of hydroxylamine groups is 1. The highest BCUT2D eigenvalue weighted by Gasteiger charge is 2.42. The van der Waals surface area contributed by atoms with Gasteiger partial charge in [0.25, 0.3) is 0 Å². The van der Waals surface area contributed by atoms with Crippen LogP contribution in [0.25, 0.3) is 0 Å². The lowest BCUT2D eigenvalue weighted by molar-refractivity contribution is -0.200. The average Bonchev–Trinajstić information content (AvgIpc) is 2.74. The van der Waals surface area contributed by atoms with Crippen LogP contribution in [0.15, 0.2) is 0 Å². The van der Waals surface area contributed by atoms with Crippen LogP contribution >= 0.6 is 0 Å². The first-order valence-electron chi connectivity index (χ1n) is 11.6. The third kappa shape index (κ3) is 10.7. The highest BCUT2D eigenvalue weighted by atomic mass is 16.6. The fraction of sp³-hybridized carbons (Fsp3) is 0.909. The summed E-state index contributed by atoms with van der Waals surface area (Å²) in [6.07, 6.45) is 10.1. The molecule has 4 atom stereocenters. The lowest BCUT2D eigenvalue weighted by atomic mass is 9.89. The van der Waals surface area contributed by atoms with Gasteiger partial charge in [0.2, 0.25) is 5.91 Å². The zero-order valence-corrected chi connectivity index (χ0v) is 18.4. The van der Waals surface area contributed by atoms with E-state index in [1.807, 2.05) is 0 Å². The molecule has 0 saturated carbocycles. The number of carbonyl (C=O) groups is 2. The first-order chi connectivity index (χ1) is 14.5. The molecule has 1 rings (SSSR count). The van der Waals surface area contributed by atoms with Gasteiger partial charge >= 0.3 is 5.97 Å². The van der Waals surface area contributed by atoms with Crippen molar-refractivity contribution in [1.82, 2.24) is 5.48 Å². The van der Waals surface area contributed by atoms with Crippen LogP contribution in [0.4, 0.5) is 0 Å². The highest BCUT2D eigenvalue weighted by molar-refractivity contribution is 5.75. The van der Waals surface area contributed by atoms with Gasteiger partial charge in [-0.1, -0.05) is 71.1 Å². The van der Waals surface area contributed by atoms with E-state index in [0.717, 1.165) is 19.3 Å². The van der Waals surface area contributed by atoms with Crippen LogP contribution in [0.3, 0.4) is 0 Å². The summed E-state index contributed by atoms with van der Waals surface area (Å²) in [6, 6.07) is 0. The van der Waals surface area contributed by atoms with Crippen molar-refractivity contribution < 1.29 is 34.5 Å². The number of aliphatic hydroxyl groups is 2. The number of esters is 1. The van der Waals surface area contributed by atoms with Gasteiger partial charge in [-0.2, -0.15) is 0 Å². The molecule has 8 nitrogen and oxygen atoms in total. The molecule has 1 saturated heterocycles. The van der Waals surface area contributed by atoms with Crippen molar-refractivity contribution in [2.24, 2.45) is 5.92 Å². The molecule has 0 aliphatic carbocycles.